The zero-order valence-electron chi connectivity index (χ0n) is 11.6. The zero-order chi connectivity index (χ0) is 14.7. The maximum absolute atomic E-state index is 14.0. The SMILES string of the molecule is CCC1CCCCC1C(NN)c1ccc(F)c(F)c1F. The molecule has 20 heavy (non-hydrogen) atoms. The van der Waals surface area contributed by atoms with Crippen molar-refractivity contribution in [3.8, 4) is 0 Å². The molecule has 1 aromatic carbocycles. The minimum Gasteiger partial charge on any atom is -0.271 e. The molecular weight excluding hydrogens is 265 g/mol. The Balaban J connectivity index is 2.34. The summed E-state index contributed by atoms with van der Waals surface area (Å²) in [6, 6.07) is 1.77. The van der Waals surface area contributed by atoms with Crippen LogP contribution < -0.4 is 11.3 Å². The molecule has 0 spiro atoms. The van der Waals surface area contributed by atoms with Crippen LogP contribution in [0.2, 0.25) is 0 Å². The molecule has 3 unspecified atom stereocenters. The Labute approximate surface area is 117 Å². The van der Waals surface area contributed by atoms with E-state index in [1.807, 2.05) is 0 Å². The van der Waals surface area contributed by atoms with Gasteiger partial charge in [0.15, 0.2) is 17.5 Å². The number of nitrogens with two attached hydrogens (primary N) is 1. The topological polar surface area (TPSA) is 38.0 Å². The van der Waals surface area contributed by atoms with Crippen LogP contribution in [0.25, 0.3) is 0 Å². The molecule has 0 bridgehead atoms. The van der Waals surface area contributed by atoms with E-state index in [0.29, 0.717) is 5.92 Å². The van der Waals surface area contributed by atoms with Gasteiger partial charge in [-0.25, -0.2) is 13.2 Å². The Morgan fingerprint density at radius 3 is 2.55 bits per heavy atom. The Hall–Kier alpha value is -1.07. The van der Waals surface area contributed by atoms with E-state index in [4.69, 9.17) is 5.84 Å². The minimum atomic E-state index is -1.42. The van der Waals surface area contributed by atoms with Gasteiger partial charge in [0, 0.05) is 5.56 Å². The average molecular weight is 286 g/mol. The summed E-state index contributed by atoms with van der Waals surface area (Å²) < 4.78 is 40.4. The molecule has 5 heteroatoms. The van der Waals surface area contributed by atoms with Crippen LogP contribution in [0.4, 0.5) is 13.2 Å². The van der Waals surface area contributed by atoms with E-state index in [1.165, 1.54) is 6.07 Å². The lowest BCUT2D eigenvalue weighted by Gasteiger charge is -2.37. The number of hydrazine groups is 1. The predicted molar refractivity (Wildman–Crippen MR) is 72.1 cm³/mol. The first-order chi connectivity index (χ1) is 9.60. The van der Waals surface area contributed by atoms with Crippen LogP contribution in [0.3, 0.4) is 0 Å². The Morgan fingerprint density at radius 1 is 1.20 bits per heavy atom. The van der Waals surface area contributed by atoms with Crippen LogP contribution in [-0.2, 0) is 0 Å². The first kappa shape index (κ1) is 15.3. The molecule has 0 aliphatic heterocycles. The fourth-order valence-corrected chi connectivity index (χ4v) is 3.41. The van der Waals surface area contributed by atoms with Gasteiger partial charge in [0.1, 0.15) is 0 Å². The molecule has 1 saturated carbocycles. The summed E-state index contributed by atoms with van der Waals surface area (Å²) in [5.74, 6) is 2.43. The molecular formula is C15H21F3N2. The van der Waals surface area contributed by atoms with E-state index in [1.54, 1.807) is 0 Å². The second kappa shape index (κ2) is 6.59. The molecule has 0 aromatic heterocycles. The van der Waals surface area contributed by atoms with Crippen LogP contribution in [0.1, 0.15) is 50.6 Å². The molecule has 3 N–H and O–H groups in total. The van der Waals surface area contributed by atoms with E-state index in [0.717, 1.165) is 38.2 Å². The summed E-state index contributed by atoms with van der Waals surface area (Å²) in [5.41, 5.74) is 2.73. The molecule has 2 nitrogen and oxygen atoms in total. The molecule has 1 fully saturated rings. The van der Waals surface area contributed by atoms with Gasteiger partial charge in [0.2, 0.25) is 0 Å². The van der Waals surface area contributed by atoms with Gasteiger partial charge in [-0.15, -0.1) is 0 Å². The van der Waals surface area contributed by atoms with E-state index < -0.39 is 23.5 Å². The van der Waals surface area contributed by atoms with Crippen molar-refractivity contribution in [2.75, 3.05) is 0 Å². The zero-order valence-corrected chi connectivity index (χ0v) is 11.6. The molecule has 1 aliphatic rings. The predicted octanol–water partition coefficient (Wildman–Crippen LogP) is 3.82. The van der Waals surface area contributed by atoms with Gasteiger partial charge in [-0.2, -0.15) is 0 Å². The van der Waals surface area contributed by atoms with Crippen molar-refractivity contribution < 1.29 is 13.2 Å². The third kappa shape index (κ3) is 2.83. The van der Waals surface area contributed by atoms with Crippen LogP contribution in [0, 0.1) is 29.3 Å². The summed E-state index contributed by atoms with van der Waals surface area (Å²) in [7, 11) is 0. The second-order valence-electron chi connectivity index (χ2n) is 5.53. The van der Waals surface area contributed by atoms with Crippen LogP contribution in [0.15, 0.2) is 12.1 Å². The van der Waals surface area contributed by atoms with E-state index in [-0.39, 0.29) is 11.5 Å². The van der Waals surface area contributed by atoms with Gasteiger partial charge in [0.25, 0.3) is 0 Å². The van der Waals surface area contributed by atoms with Crippen LogP contribution in [-0.4, -0.2) is 0 Å². The molecule has 2 rings (SSSR count). The lowest BCUT2D eigenvalue weighted by atomic mass is 9.72. The Morgan fingerprint density at radius 2 is 1.90 bits per heavy atom. The monoisotopic (exact) mass is 286 g/mol. The van der Waals surface area contributed by atoms with E-state index >= 15 is 0 Å². The fourth-order valence-electron chi connectivity index (χ4n) is 3.41. The molecule has 0 amide bonds. The summed E-state index contributed by atoms with van der Waals surface area (Å²) in [6.45, 7) is 2.10. The smallest absolute Gasteiger partial charge is 0.194 e. The average Bonchev–Trinajstić information content (AvgIpc) is 2.48. The summed E-state index contributed by atoms with van der Waals surface area (Å²) in [6.07, 6.45) is 5.20. The van der Waals surface area contributed by atoms with E-state index in [9.17, 15) is 13.2 Å². The van der Waals surface area contributed by atoms with Gasteiger partial charge < -0.3 is 0 Å². The van der Waals surface area contributed by atoms with Gasteiger partial charge in [-0.05, 0) is 24.3 Å². The maximum atomic E-state index is 14.0. The van der Waals surface area contributed by atoms with Crippen molar-refractivity contribution in [1.82, 2.24) is 5.43 Å². The number of hydrogen-bond acceptors (Lipinski definition) is 2. The number of nitrogens with one attached hydrogen (secondary N) is 1. The van der Waals surface area contributed by atoms with Crippen molar-refractivity contribution in [3.63, 3.8) is 0 Å². The largest absolute Gasteiger partial charge is 0.271 e. The normalized spacial score (nSPS) is 24.6. The lowest BCUT2D eigenvalue weighted by Crippen LogP contribution is -2.38. The second-order valence-corrected chi connectivity index (χ2v) is 5.53. The lowest BCUT2D eigenvalue weighted by molar-refractivity contribution is 0.173. The molecule has 3 atom stereocenters. The molecule has 0 heterocycles. The van der Waals surface area contributed by atoms with Crippen molar-refractivity contribution in [2.45, 2.75) is 45.1 Å². The van der Waals surface area contributed by atoms with Gasteiger partial charge >= 0.3 is 0 Å². The van der Waals surface area contributed by atoms with E-state index in [2.05, 4.69) is 12.3 Å². The third-order valence-electron chi connectivity index (χ3n) is 4.50. The quantitative estimate of drug-likeness (QED) is 0.501. The first-order valence-corrected chi connectivity index (χ1v) is 7.19. The summed E-state index contributed by atoms with van der Waals surface area (Å²) >= 11 is 0. The third-order valence-corrected chi connectivity index (χ3v) is 4.50. The fraction of sp³-hybridized carbons (Fsp3) is 0.600. The number of benzene rings is 1. The van der Waals surface area contributed by atoms with Crippen molar-refractivity contribution in [2.24, 2.45) is 17.7 Å². The Bertz CT molecular complexity index is 465. The highest BCUT2D eigenvalue weighted by Gasteiger charge is 2.33. The standard InChI is InChI=1S/C15H21F3N2/c1-2-9-5-3-4-6-10(9)15(20-19)11-7-8-12(16)14(18)13(11)17/h7-10,15,20H,2-6,19H2,1H3. The van der Waals surface area contributed by atoms with Crippen molar-refractivity contribution in [1.29, 1.82) is 0 Å². The maximum Gasteiger partial charge on any atom is 0.194 e. The molecule has 0 saturated heterocycles. The van der Waals surface area contributed by atoms with Gasteiger partial charge in [0.05, 0.1) is 6.04 Å². The Kier molecular flexibility index (Phi) is 5.05. The van der Waals surface area contributed by atoms with Gasteiger partial charge in [-0.1, -0.05) is 38.7 Å². The van der Waals surface area contributed by atoms with Crippen LogP contribution >= 0.6 is 0 Å². The number of hydrogen-bond donors (Lipinski definition) is 2. The molecule has 1 aromatic rings. The molecule has 1 aliphatic carbocycles. The number of halogens is 3. The van der Waals surface area contributed by atoms with Crippen LogP contribution in [0.5, 0.6) is 0 Å². The van der Waals surface area contributed by atoms with Crippen molar-refractivity contribution >= 4 is 0 Å². The first-order valence-electron chi connectivity index (χ1n) is 7.19. The minimum absolute atomic E-state index is 0.122. The number of rotatable bonds is 4. The molecule has 0 radical (unpaired) electrons. The van der Waals surface area contributed by atoms with Gasteiger partial charge in [-0.3, -0.25) is 11.3 Å². The highest BCUT2D eigenvalue weighted by Crippen LogP contribution is 2.40. The highest BCUT2D eigenvalue weighted by molar-refractivity contribution is 5.24. The highest BCUT2D eigenvalue weighted by atomic mass is 19.2. The van der Waals surface area contributed by atoms with Crippen molar-refractivity contribution in [3.05, 3.63) is 35.1 Å². The summed E-state index contributed by atoms with van der Waals surface area (Å²) in [4.78, 5) is 0. The summed E-state index contributed by atoms with van der Waals surface area (Å²) in [5, 5.41) is 0. The molecule has 112 valence electrons.